The Morgan fingerprint density at radius 3 is 2.33 bits per heavy atom. The summed E-state index contributed by atoms with van der Waals surface area (Å²) in [4.78, 5) is 0. The summed E-state index contributed by atoms with van der Waals surface area (Å²) in [7, 11) is 2.44. The molecule has 0 bridgehead atoms. The molecule has 0 aromatic rings. The van der Waals surface area contributed by atoms with Gasteiger partial charge in [-0.3, -0.25) is 0 Å². The van der Waals surface area contributed by atoms with Crippen LogP contribution < -0.4 is 0 Å². The molecule has 0 saturated carbocycles. The van der Waals surface area contributed by atoms with Crippen LogP contribution in [0.15, 0.2) is 0 Å². The zero-order valence-corrected chi connectivity index (χ0v) is 6.41. The molecule has 2 heteroatoms. The van der Waals surface area contributed by atoms with E-state index in [0.29, 0.717) is 0 Å². The third-order valence-electron chi connectivity index (χ3n) is 0.552. The lowest BCUT2D eigenvalue weighted by Crippen LogP contribution is -1.94. The van der Waals surface area contributed by atoms with Gasteiger partial charge in [0.25, 0.3) is 0 Å². The molecule has 0 aliphatic carbocycles. The van der Waals surface area contributed by atoms with Crippen molar-refractivity contribution >= 4 is 18.1 Å². The van der Waals surface area contributed by atoms with Crippen LogP contribution in [0, 0.1) is 0 Å². The second-order valence-electron chi connectivity index (χ2n) is 1.18. The van der Waals surface area contributed by atoms with Gasteiger partial charge >= 0.3 is 0 Å². The van der Waals surface area contributed by atoms with Crippen molar-refractivity contribution in [1.82, 2.24) is 0 Å². The van der Waals surface area contributed by atoms with Crippen molar-refractivity contribution in [3.8, 4) is 0 Å². The number of hydrogen-bond acceptors (Lipinski definition) is 0. The molecule has 4 radical (unpaired) electrons. The molecule has 34 valence electrons. The van der Waals surface area contributed by atoms with Gasteiger partial charge in [0, 0.05) is 18.1 Å². The fourth-order valence-electron chi connectivity index (χ4n) is 0.250. The molecule has 0 aliphatic rings. The van der Waals surface area contributed by atoms with Crippen molar-refractivity contribution in [2.75, 3.05) is 0 Å². The molecule has 0 saturated heterocycles. The van der Waals surface area contributed by atoms with E-state index < -0.39 is 0 Å². The minimum atomic E-state index is 1.19. The minimum absolute atomic E-state index is 1.19. The Bertz CT molecular complexity index is 17.5. The van der Waals surface area contributed by atoms with E-state index in [1.807, 2.05) is 0 Å². The Morgan fingerprint density at radius 2 is 2.17 bits per heavy atom. The van der Waals surface area contributed by atoms with Crippen molar-refractivity contribution in [3.05, 3.63) is 0 Å². The Morgan fingerprint density at radius 1 is 1.50 bits per heavy atom. The Kier molecular flexibility index (Phi) is 5.83. The van der Waals surface area contributed by atoms with E-state index in [9.17, 15) is 0 Å². The molecule has 0 atom stereocenters. The average molecular weight is 114 g/mol. The Balaban J connectivity index is 2.34. The molecule has 0 rings (SSSR count). The summed E-state index contributed by atoms with van der Waals surface area (Å²) in [6.07, 6.45) is 1.37. The van der Waals surface area contributed by atoms with Crippen molar-refractivity contribution in [2.24, 2.45) is 0 Å². The fraction of sp³-hybridized carbons (Fsp3) is 1.00. The topological polar surface area (TPSA) is 0 Å². The second kappa shape index (κ2) is 5.43. The van der Waals surface area contributed by atoms with Crippen LogP contribution >= 0.6 is 0 Å². The smallest absolute Gasteiger partial charge is 0.0219 e. The predicted molar refractivity (Wildman–Crippen MR) is 32.5 cm³/mol. The van der Waals surface area contributed by atoms with E-state index in [4.69, 9.17) is 0 Å². The highest BCUT2D eigenvalue weighted by Crippen LogP contribution is 1.81. The first-order valence-corrected chi connectivity index (χ1v) is 6.02. The van der Waals surface area contributed by atoms with Crippen molar-refractivity contribution in [3.63, 3.8) is 0 Å². The zero-order valence-electron chi connectivity index (χ0n) is 4.41. The largest absolute Gasteiger partial charge is 0.0759 e. The number of rotatable bonds is 3. The van der Waals surface area contributed by atoms with Gasteiger partial charge in [-0.15, -0.1) is 0 Å². The molecule has 0 nitrogen and oxygen atoms in total. The zero-order chi connectivity index (χ0) is 4.83. The summed E-state index contributed by atoms with van der Waals surface area (Å²) in [6.45, 7) is 4.52. The highest BCUT2D eigenvalue weighted by molar-refractivity contribution is 6.99. The van der Waals surface area contributed by atoms with Gasteiger partial charge in [0.15, 0.2) is 0 Å². The van der Waals surface area contributed by atoms with Crippen LogP contribution in [-0.4, -0.2) is 18.1 Å². The molecule has 0 amide bonds. The average Bonchev–Trinajstić information content (AvgIpc) is 1.61. The van der Waals surface area contributed by atoms with E-state index in [1.165, 1.54) is 30.5 Å². The van der Waals surface area contributed by atoms with Crippen LogP contribution in [0.5, 0.6) is 0 Å². The van der Waals surface area contributed by atoms with E-state index in [0.717, 1.165) is 0 Å². The quantitative estimate of drug-likeness (QED) is 0.382. The highest BCUT2D eigenvalue weighted by atomic mass is 29.1. The lowest BCUT2D eigenvalue weighted by Gasteiger charge is -1.83. The summed E-state index contributed by atoms with van der Waals surface area (Å²) in [5.41, 5.74) is 0. The number of hydrogen-bond donors (Lipinski definition) is 0. The summed E-state index contributed by atoms with van der Waals surface area (Å²) in [5.74, 6) is 0. The monoisotopic (exact) mass is 114 g/mol. The maximum atomic E-state index is 2.27. The van der Waals surface area contributed by atoms with Crippen LogP contribution in [0.3, 0.4) is 0 Å². The molecular weight excluding hydrogens is 104 g/mol. The van der Waals surface area contributed by atoms with Gasteiger partial charge in [0.1, 0.15) is 0 Å². The highest BCUT2D eigenvalue weighted by Gasteiger charge is 1.78. The first-order chi connectivity index (χ1) is 2.91. The van der Waals surface area contributed by atoms with Crippen LogP contribution in [0.4, 0.5) is 0 Å². The molecule has 0 aliphatic heterocycles. The van der Waals surface area contributed by atoms with E-state index in [-0.39, 0.29) is 0 Å². The molecule has 0 spiro atoms. The van der Waals surface area contributed by atoms with E-state index in [1.54, 1.807) is 0 Å². The summed E-state index contributed by atoms with van der Waals surface area (Å²) < 4.78 is 0. The van der Waals surface area contributed by atoms with Gasteiger partial charge in [0.05, 0.1) is 0 Å². The van der Waals surface area contributed by atoms with Gasteiger partial charge in [-0.2, -0.15) is 0 Å². The van der Waals surface area contributed by atoms with Crippen LogP contribution in [0.25, 0.3) is 0 Å². The normalized spacial score (nSPS) is 9.00. The Hall–Kier alpha value is 0.434. The maximum absolute atomic E-state index is 2.27. The minimum Gasteiger partial charge on any atom is -0.0759 e. The fourth-order valence-corrected chi connectivity index (χ4v) is 2.25. The lowest BCUT2D eigenvalue weighted by molar-refractivity contribution is 1.08. The SMILES string of the molecule is CCC[Si][Si]C. The van der Waals surface area contributed by atoms with Gasteiger partial charge in [-0.05, 0) is 0 Å². The molecule has 0 aromatic carbocycles. The second-order valence-corrected chi connectivity index (χ2v) is 5.09. The molecular formula is C4H10Si2. The lowest BCUT2D eigenvalue weighted by atomic mass is 10.6. The van der Waals surface area contributed by atoms with E-state index in [2.05, 4.69) is 13.5 Å². The van der Waals surface area contributed by atoms with Crippen LogP contribution in [0.1, 0.15) is 13.3 Å². The molecule has 0 unspecified atom stereocenters. The molecule has 0 fully saturated rings. The summed E-state index contributed by atoms with van der Waals surface area (Å²) in [5, 5.41) is 0. The molecule has 0 heterocycles. The summed E-state index contributed by atoms with van der Waals surface area (Å²) >= 11 is 0. The van der Waals surface area contributed by atoms with Crippen molar-refractivity contribution in [1.29, 1.82) is 0 Å². The van der Waals surface area contributed by atoms with Gasteiger partial charge in [-0.1, -0.05) is 25.9 Å². The predicted octanol–water partition coefficient (Wildman–Crippen LogP) is 1.19. The first kappa shape index (κ1) is 6.43. The standard InChI is InChI=1S/C4H10Si2/c1-3-4-6-5-2/h3-4H2,1-2H3. The first-order valence-electron chi connectivity index (χ1n) is 2.31. The Labute approximate surface area is 44.8 Å². The van der Waals surface area contributed by atoms with E-state index >= 15 is 0 Å². The molecule has 6 heavy (non-hydrogen) atoms. The molecule has 0 N–H and O–H groups in total. The molecule has 0 aromatic heterocycles. The van der Waals surface area contributed by atoms with Crippen molar-refractivity contribution in [2.45, 2.75) is 25.9 Å². The van der Waals surface area contributed by atoms with Crippen molar-refractivity contribution < 1.29 is 0 Å². The third kappa shape index (κ3) is 4.43. The summed E-state index contributed by atoms with van der Waals surface area (Å²) in [6, 6.07) is 1.45. The third-order valence-corrected chi connectivity index (χ3v) is 3.47. The van der Waals surface area contributed by atoms with Crippen LogP contribution in [0.2, 0.25) is 12.6 Å². The van der Waals surface area contributed by atoms with Crippen LogP contribution in [-0.2, 0) is 0 Å². The van der Waals surface area contributed by atoms with Gasteiger partial charge in [-0.25, -0.2) is 0 Å². The maximum Gasteiger partial charge on any atom is 0.0219 e. The van der Waals surface area contributed by atoms with Gasteiger partial charge < -0.3 is 0 Å². The van der Waals surface area contributed by atoms with Gasteiger partial charge in [0.2, 0.25) is 0 Å².